The minimum atomic E-state index is -4.29. The topological polar surface area (TPSA) is 109 Å². The molecule has 0 saturated heterocycles. The first kappa shape index (κ1) is 22.8. The lowest BCUT2D eigenvalue weighted by atomic mass is 10.0. The summed E-state index contributed by atoms with van der Waals surface area (Å²) in [7, 11) is -4.29. The van der Waals surface area contributed by atoms with E-state index in [9.17, 15) is 22.7 Å². The van der Waals surface area contributed by atoms with Crippen LogP contribution in [0.5, 0.6) is 11.5 Å². The molecule has 1 aliphatic heterocycles. The highest BCUT2D eigenvalue weighted by atomic mass is 32.2. The Bertz CT molecular complexity index is 1530. The van der Waals surface area contributed by atoms with Gasteiger partial charge in [-0.3, -0.25) is 9.78 Å². The second-order valence-electron chi connectivity index (χ2n) is 8.06. The Balaban J connectivity index is 1.51. The van der Waals surface area contributed by atoms with E-state index in [1.54, 1.807) is 48.5 Å². The number of pyridine rings is 1. The molecule has 0 aliphatic carbocycles. The maximum absolute atomic E-state index is 13.3. The molecule has 0 atom stereocenters. The molecule has 35 heavy (non-hydrogen) atoms. The average Bonchev–Trinajstić information content (AvgIpc) is 3.18. The fraction of sp³-hybridized carbons (Fsp3) is 0.120. The van der Waals surface area contributed by atoms with Crippen molar-refractivity contribution in [2.24, 2.45) is 0 Å². The summed E-state index contributed by atoms with van der Waals surface area (Å²) >= 11 is 0. The van der Waals surface area contributed by atoms with E-state index in [4.69, 9.17) is 4.18 Å². The molecule has 5 rings (SSSR count). The van der Waals surface area contributed by atoms with E-state index in [2.05, 4.69) is 9.71 Å². The molecule has 0 spiro atoms. The number of hydrogen-bond donors (Lipinski definition) is 2. The molecule has 0 fully saturated rings. The molecule has 2 heterocycles. The summed E-state index contributed by atoms with van der Waals surface area (Å²) in [6, 6.07) is 17.8. The first-order valence-corrected chi connectivity index (χ1v) is 12.1. The molecule has 0 radical (unpaired) electrons. The summed E-state index contributed by atoms with van der Waals surface area (Å²) < 4.78 is 46.8. The van der Waals surface area contributed by atoms with Crippen LogP contribution in [0, 0.1) is 5.82 Å². The van der Waals surface area contributed by atoms with Crippen LogP contribution in [0.2, 0.25) is 0 Å². The lowest BCUT2D eigenvalue weighted by Gasteiger charge is -2.16. The number of aromatic hydroxyl groups is 1. The van der Waals surface area contributed by atoms with Crippen molar-refractivity contribution in [1.82, 2.24) is 14.6 Å². The van der Waals surface area contributed by atoms with Crippen molar-refractivity contribution in [3.8, 4) is 11.5 Å². The average molecular weight is 494 g/mol. The molecule has 4 aromatic rings. The van der Waals surface area contributed by atoms with Crippen LogP contribution in [0.4, 0.5) is 4.39 Å². The number of carbonyl (C=O) groups is 1. The molecule has 1 amide bonds. The molecule has 178 valence electrons. The fourth-order valence-corrected chi connectivity index (χ4v) is 4.87. The smallest absolute Gasteiger partial charge is 0.382 e. The molecular formula is C25H20FN3O5S. The molecule has 8 nitrogen and oxygen atoms in total. The molecule has 0 unspecified atom stereocenters. The standard InChI is InChI=1S/C25H20FN3O5S/c26-18-10-8-17(9-11-18)14-29-15-20-21(25(29)31)23(30)22-19(7-4-12-27-22)24(20)34-35(32,33)28-13-16-5-2-1-3-6-16/h1-12,28,30H,13-15H2. The SMILES string of the molecule is O=C1c2c(c(OS(=O)(=O)NCc3ccccc3)c3cccnc3c2O)CN1Cc1ccc(F)cc1. The van der Waals surface area contributed by atoms with Crippen LogP contribution in [0.1, 0.15) is 27.0 Å². The molecule has 0 bridgehead atoms. The van der Waals surface area contributed by atoms with E-state index in [1.807, 2.05) is 6.07 Å². The Morgan fingerprint density at radius 3 is 2.51 bits per heavy atom. The maximum atomic E-state index is 13.3. The van der Waals surface area contributed by atoms with Gasteiger partial charge in [-0.05, 0) is 35.4 Å². The number of rotatable bonds is 7. The monoisotopic (exact) mass is 493 g/mol. The summed E-state index contributed by atoms with van der Waals surface area (Å²) in [5.41, 5.74) is 1.64. The van der Waals surface area contributed by atoms with Crippen molar-refractivity contribution in [3.63, 3.8) is 0 Å². The van der Waals surface area contributed by atoms with Crippen LogP contribution in [0.3, 0.4) is 0 Å². The van der Waals surface area contributed by atoms with E-state index in [-0.39, 0.29) is 53.2 Å². The van der Waals surface area contributed by atoms with E-state index >= 15 is 0 Å². The van der Waals surface area contributed by atoms with Crippen LogP contribution in [-0.2, 0) is 29.9 Å². The third kappa shape index (κ3) is 4.53. The summed E-state index contributed by atoms with van der Waals surface area (Å²) in [5, 5.41) is 11.1. The largest absolute Gasteiger partial charge is 0.505 e. The van der Waals surface area contributed by atoms with Gasteiger partial charge in [0.05, 0.1) is 12.1 Å². The number of carbonyl (C=O) groups excluding carboxylic acids is 1. The van der Waals surface area contributed by atoms with Crippen molar-refractivity contribution in [2.75, 3.05) is 0 Å². The lowest BCUT2D eigenvalue weighted by molar-refractivity contribution is 0.0764. The Hall–Kier alpha value is -4.02. The Morgan fingerprint density at radius 2 is 1.77 bits per heavy atom. The van der Waals surface area contributed by atoms with Gasteiger partial charge in [0.15, 0.2) is 11.5 Å². The summed E-state index contributed by atoms with van der Waals surface area (Å²) in [6.45, 7) is 0.137. The minimum Gasteiger partial charge on any atom is -0.505 e. The number of halogens is 1. The van der Waals surface area contributed by atoms with Crippen molar-refractivity contribution < 1.29 is 26.9 Å². The molecule has 3 aromatic carbocycles. The van der Waals surface area contributed by atoms with Gasteiger partial charge < -0.3 is 14.2 Å². The highest BCUT2D eigenvalue weighted by Gasteiger charge is 2.37. The molecule has 1 aromatic heterocycles. The predicted octanol–water partition coefficient (Wildman–Crippen LogP) is 3.65. The Morgan fingerprint density at radius 1 is 1.03 bits per heavy atom. The minimum absolute atomic E-state index is 0.00647. The van der Waals surface area contributed by atoms with Crippen molar-refractivity contribution >= 4 is 27.1 Å². The maximum Gasteiger partial charge on any atom is 0.382 e. The zero-order valence-corrected chi connectivity index (χ0v) is 19.1. The molecular weight excluding hydrogens is 473 g/mol. The summed E-state index contributed by atoms with van der Waals surface area (Å²) in [6.07, 6.45) is 1.43. The lowest BCUT2D eigenvalue weighted by Crippen LogP contribution is -2.28. The third-order valence-corrected chi connectivity index (χ3v) is 6.60. The van der Waals surface area contributed by atoms with Crippen molar-refractivity contribution in [1.29, 1.82) is 0 Å². The molecule has 1 aliphatic rings. The number of nitrogens with one attached hydrogen (secondary N) is 1. The first-order chi connectivity index (χ1) is 16.8. The van der Waals surface area contributed by atoms with E-state index < -0.39 is 22.0 Å². The number of aromatic nitrogens is 1. The highest BCUT2D eigenvalue weighted by molar-refractivity contribution is 7.85. The number of nitrogens with zero attached hydrogens (tertiary/aromatic N) is 2. The van der Waals surface area contributed by atoms with Crippen LogP contribution >= 0.6 is 0 Å². The normalized spacial score (nSPS) is 13.3. The van der Waals surface area contributed by atoms with Gasteiger partial charge in [-0.1, -0.05) is 42.5 Å². The zero-order chi connectivity index (χ0) is 24.6. The van der Waals surface area contributed by atoms with Crippen LogP contribution in [0.25, 0.3) is 10.9 Å². The summed E-state index contributed by atoms with van der Waals surface area (Å²) in [4.78, 5) is 18.8. The quantitative estimate of drug-likeness (QED) is 0.407. The zero-order valence-electron chi connectivity index (χ0n) is 18.3. The van der Waals surface area contributed by atoms with Gasteiger partial charge in [0.25, 0.3) is 5.91 Å². The van der Waals surface area contributed by atoms with Gasteiger partial charge in [-0.15, -0.1) is 0 Å². The first-order valence-electron chi connectivity index (χ1n) is 10.7. The third-order valence-electron chi connectivity index (χ3n) is 5.71. The number of amides is 1. The van der Waals surface area contributed by atoms with Gasteiger partial charge in [0.2, 0.25) is 0 Å². The highest BCUT2D eigenvalue weighted by Crippen LogP contribution is 2.44. The molecule has 0 saturated carbocycles. The van der Waals surface area contributed by atoms with Gasteiger partial charge in [0, 0.05) is 30.2 Å². The van der Waals surface area contributed by atoms with E-state index in [0.717, 1.165) is 5.56 Å². The van der Waals surface area contributed by atoms with Gasteiger partial charge in [-0.2, -0.15) is 13.1 Å². The predicted molar refractivity (Wildman–Crippen MR) is 126 cm³/mol. The van der Waals surface area contributed by atoms with Crippen molar-refractivity contribution in [2.45, 2.75) is 19.6 Å². The Kier molecular flexibility index (Phi) is 5.83. The number of phenolic OH excluding ortho intramolecular Hbond substituents is 1. The second-order valence-corrected chi connectivity index (χ2v) is 9.43. The molecule has 2 N–H and O–H groups in total. The van der Waals surface area contributed by atoms with Crippen LogP contribution in [-0.4, -0.2) is 29.3 Å². The number of hydrogen-bond acceptors (Lipinski definition) is 6. The van der Waals surface area contributed by atoms with Crippen LogP contribution in [0.15, 0.2) is 72.9 Å². The number of fused-ring (bicyclic) bond motifs is 2. The van der Waals surface area contributed by atoms with E-state index in [0.29, 0.717) is 5.56 Å². The number of phenols is 1. The second kappa shape index (κ2) is 8.97. The Labute approximate surface area is 200 Å². The van der Waals surface area contributed by atoms with Gasteiger partial charge >= 0.3 is 10.3 Å². The molecule has 10 heteroatoms. The fourth-order valence-electron chi connectivity index (χ4n) is 4.06. The van der Waals surface area contributed by atoms with Gasteiger partial charge in [0.1, 0.15) is 11.3 Å². The number of benzene rings is 3. The van der Waals surface area contributed by atoms with Gasteiger partial charge in [-0.25, -0.2) is 4.39 Å². The summed E-state index contributed by atoms with van der Waals surface area (Å²) in [5.74, 6) is -1.32. The van der Waals surface area contributed by atoms with Crippen molar-refractivity contribution in [3.05, 3.63) is 101 Å². The van der Waals surface area contributed by atoms with Crippen LogP contribution < -0.4 is 8.91 Å². The van der Waals surface area contributed by atoms with E-state index in [1.165, 1.54) is 23.2 Å².